The molecule has 0 heterocycles. The average molecular weight is 194 g/mol. The summed E-state index contributed by atoms with van der Waals surface area (Å²) < 4.78 is 5.18. The van der Waals surface area contributed by atoms with Gasteiger partial charge in [0.15, 0.2) is 0 Å². The number of nitriles is 1. The van der Waals surface area contributed by atoms with Gasteiger partial charge in [0.2, 0.25) is 0 Å². The third kappa shape index (κ3) is 3.81. The number of amides is 2. The Morgan fingerprint density at radius 2 is 2.62 bits per heavy atom. The summed E-state index contributed by atoms with van der Waals surface area (Å²) in [5.74, 6) is 0. The molecule has 0 radical (unpaired) electrons. The Kier molecular flexibility index (Phi) is 4.56. The molecule has 0 spiro atoms. The van der Waals surface area contributed by atoms with Crippen molar-refractivity contribution in [2.24, 2.45) is 3.96 Å². The second-order valence-electron chi connectivity index (χ2n) is 0.692. The first-order chi connectivity index (χ1) is 3.81. The molecule has 42 valence electrons. The van der Waals surface area contributed by atoms with Crippen LogP contribution in [0.2, 0.25) is 0 Å². The SMILES string of the molecule is N#CSNC(=O)N=[Se]. The molecular formula is C2HN3OSSe. The molecule has 6 heteroatoms. The van der Waals surface area contributed by atoms with Crippen LogP contribution in [-0.4, -0.2) is 21.8 Å². The van der Waals surface area contributed by atoms with E-state index in [1.807, 2.05) is 0 Å². The molecule has 0 aromatic rings. The summed E-state index contributed by atoms with van der Waals surface area (Å²) in [6.45, 7) is 0. The minimum atomic E-state index is -0.545. The molecular weight excluding hydrogens is 193 g/mol. The molecule has 0 saturated heterocycles. The van der Waals surface area contributed by atoms with E-state index < -0.39 is 6.03 Å². The van der Waals surface area contributed by atoms with Crippen molar-refractivity contribution in [1.82, 2.24) is 4.72 Å². The molecule has 0 aliphatic carbocycles. The van der Waals surface area contributed by atoms with E-state index in [0.717, 1.165) is 0 Å². The summed E-state index contributed by atoms with van der Waals surface area (Å²) in [7, 11) is 0. The number of nitrogens with one attached hydrogen (secondary N) is 1. The quantitative estimate of drug-likeness (QED) is 0.367. The molecule has 0 atom stereocenters. The summed E-state index contributed by atoms with van der Waals surface area (Å²) in [4.78, 5) is 10.1. The topological polar surface area (TPSA) is 65.2 Å². The molecule has 4 nitrogen and oxygen atoms in total. The number of carbonyl (C=O) groups excluding carboxylic acids is 1. The number of thiocyanates is 1. The van der Waals surface area contributed by atoms with E-state index in [-0.39, 0.29) is 0 Å². The standard InChI is InChI=1S/C2HN3OSSe/c3-1-7-4-2(6)5-8/h(H,4,6). The molecule has 0 aliphatic rings. The van der Waals surface area contributed by atoms with Crippen molar-refractivity contribution in [3.63, 3.8) is 0 Å². The van der Waals surface area contributed by atoms with Crippen LogP contribution in [0.1, 0.15) is 0 Å². The Bertz CT molecular complexity index is 141. The van der Waals surface area contributed by atoms with Gasteiger partial charge in [-0.15, -0.1) is 0 Å². The third-order valence-electron chi connectivity index (χ3n) is 0.267. The van der Waals surface area contributed by atoms with Crippen molar-refractivity contribution in [2.45, 2.75) is 0 Å². The molecule has 1 N–H and O–H groups in total. The van der Waals surface area contributed by atoms with Gasteiger partial charge >= 0.3 is 57.9 Å². The van der Waals surface area contributed by atoms with Crippen LogP contribution < -0.4 is 4.72 Å². The average Bonchev–Trinajstić information content (AvgIpc) is 1.83. The predicted molar refractivity (Wildman–Crippen MR) is 29.9 cm³/mol. The van der Waals surface area contributed by atoms with Gasteiger partial charge in [-0.05, 0) is 0 Å². The van der Waals surface area contributed by atoms with Gasteiger partial charge in [0.1, 0.15) is 0 Å². The van der Waals surface area contributed by atoms with Gasteiger partial charge in [-0.2, -0.15) is 0 Å². The van der Waals surface area contributed by atoms with E-state index in [0.29, 0.717) is 11.9 Å². The van der Waals surface area contributed by atoms with E-state index in [9.17, 15) is 4.79 Å². The van der Waals surface area contributed by atoms with Crippen LogP contribution in [0.5, 0.6) is 0 Å². The van der Waals surface area contributed by atoms with E-state index in [4.69, 9.17) is 5.26 Å². The fourth-order valence-electron chi connectivity index (χ4n) is 0.0851. The number of urea groups is 1. The van der Waals surface area contributed by atoms with E-state index in [1.165, 1.54) is 0 Å². The van der Waals surface area contributed by atoms with E-state index in [2.05, 4.69) is 24.5 Å². The molecule has 0 saturated carbocycles. The second kappa shape index (κ2) is 4.78. The van der Waals surface area contributed by atoms with Crippen LogP contribution in [0.15, 0.2) is 3.96 Å². The number of carbonyl (C=O) groups is 1. The van der Waals surface area contributed by atoms with Crippen LogP contribution in [-0.2, 0) is 0 Å². The second-order valence-corrected chi connectivity index (χ2v) is 1.67. The first kappa shape index (κ1) is 7.63. The zero-order chi connectivity index (χ0) is 6.41. The summed E-state index contributed by atoms with van der Waals surface area (Å²) in [6.07, 6.45) is 0. The van der Waals surface area contributed by atoms with Crippen molar-refractivity contribution in [1.29, 1.82) is 5.26 Å². The zero-order valence-corrected chi connectivity index (χ0v) is 6.15. The fourth-order valence-corrected chi connectivity index (χ4v) is 0.490. The minimum absolute atomic E-state index is 0.545. The Morgan fingerprint density at radius 3 is 3.00 bits per heavy atom. The van der Waals surface area contributed by atoms with Crippen LogP contribution in [0.4, 0.5) is 4.79 Å². The molecule has 8 heavy (non-hydrogen) atoms. The first-order valence-corrected chi connectivity index (χ1v) is 3.07. The first-order valence-electron chi connectivity index (χ1n) is 1.49. The number of hydrogen-bond donors (Lipinski definition) is 1. The van der Waals surface area contributed by atoms with Crippen LogP contribution >= 0.6 is 11.9 Å². The molecule has 0 rings (SSSR count). The summed E-state index contributed by atoms with van der Waals surface area (Å²) in [5.41, 5.74) is 0. The molecule has 0 aromatic carbocycles. The van der Waals surface area contributed by atoms with Gasteiger partial charge in [-0.25, -0.2) is 0 Å². The van der Waals surface area contributed by atoms with Gasteiger partial charge in [0.05, 0.1) is 0 Å². The molecule has 0 aliphatic heterocycles. The Hall–Kier alpha value is -0.371. The number of nitrogens with zero attached hydrogens (tertiary/aromatic N) is 2. The van der Waals surface area contributed by atoms with Crippen molar-refractivity contribution in [2.75, 3.05) is 0 Å². The predicted octanol–water partition coefficient (Wildman–Crippen LogP) is 0.177. The van der Waals surface area contributed by atoms with Crippen LogP contribution in [0, 0.1) is 10.7 Å². The van der Waals surface area contributed by atoms with Crippen molar-refractivity contribution in [3.05, 3.63) is 0 Å². The van der Waals surface area contributed by atoms with Crippen LogP contribution in [0.3, 0.4) is 0 Å². The molecule has 0 aromatic heterocycles. The van der Waals surface area contributed by atoms with Crippen molar-refractivity contribution >= 4 is 33.8 Å². The summed E-state index contributed by atoms with van der Waals surface area (Å²) in [6, 6.07) is -0.545. The molecule has 2 amide bonds. The summed E-state index contributed by atoms with van der Waals surface area (Å²) >= 11 is 2.77. The summed E-state index contributed by atoms with van der Waals surface area (Å²) in [5, 5.41) is 9.50. The van der Waals surface area contributed by atoms with Gasteiger partial charge in [-0.3, -0.25) is 0 Å². The molecule has 0 unspecified atom stereocenters. The van der Waals surface area contributed by atoms with Crippen molar-refractivity contribution < 1.29 is 4.79 Å². The van der Waals surface area contributed by atoms with Gasteiger partial charge in [0, 0.05) is 0 Å². The maximum atomic E-state index is 10.1. The van der Waals surface area contributed by atoms with Crippen molar-refractivity contribution in [3.8, 4) is 5.40 Å². The van der Waals surface area contributed by atoms with E-state index in [1.54, 1.807) is 5.40 Å². The third-order valence-corrected chi connectivity index (χ3v) is 0.983. The Balaban J connectivity index is 3.28. The normalized spacial score (nSPS) is 6.88. The zero-order valence-electron chi connectivity index (χ0n) is 3.62. The number of hydrogen-bond acceptors (Lipinski definition) is 3. The number of rotatable bonds is 1. The molecule has 0 fully saturated rings. The fraction of sp³-hybridized carbons (Fsp3) is 0. The Labute approximate surface area is 58.4 Å². The van der Waals surface area contributed by atoms with Gasteiger partial charge in [0.25, 0.3) is 0 Å². The van der Waals surface area contributed by atoms with Gasteiger partial charge < -0.3 is 0 Å². The Morgan fingerprint density at radius 1 is 2.00 bits per heavy atom. The van der Waals surface area contributed by atoms with Crippen LogP contribution in [0.25, 0.3) is 0 Å². The maximum absolute atomic E-state index is 10.1. The van der Waals surface area contributed by atoms with Gasteiger partial charge in [-0.1, -0.05) is 0 Å². The molecule has 0 bridgehead atoms. The monoisotopic (exact) mass is 195 g/mol. The van der Waals surface area contributed by atoms with E-state index >= 15 is 0 Å².